The van der Waals surface area contributed by atoms with E-state index in [-0.39, 0.29) is 73.0 Å². The van der Waals surface area contributed by atoms with E-state index in [1.165, 1.54) is 38.2 Å². The molecule has 3 aromatic rings. The van der Waals surface area contributed by atoms with E-state index < -0.39 is 40.2 Å². The summed E-state index contributed by atoms with van der Waals surface area (Å²) < 4.78 is 19.1. The Morgan fingerprint density at radius 3 is 2.39 bits per heavy atom. The average Bonchev–Trinajstić information content (AvgIpc) is 3.17. The van der Waals surface area contributed by atoms with E-state index in [4.69, 9.17) is 4.42 Å². The zero-order chi connectivity index (χ0) is 23.6. The van der Waals surface area contributed by atoms with Gasteiger partial charge in [0.15, 0.2) is 5.69 Å². The molecule has 0 atom stereocenters. The molecule has 2 amide bonds. The molecule has 0 spiro atoms. The third-order valence-electron chi connectivity index (χ3n) is 4.55. The number of amides is 2. The standard InChI is InChI=1S/C20H21FN6O5.Ba/c1-10-25-26-17(32-10)16(30)24-20(2,3)19-23-13(14(28)18(31)27(19)4)15(29)22-9-11-5-7-12(21)8-6-11;/h5-8,28H,9H2,1-4H3,(H,22,29)(H,24,30);. The van der Waals surface area contributed by atoms with Crippen LogP contribution in [0.1, 0.15) is 52.3 Å². The Morgan fingerprint density at radius 2 is 1.82 bits per heavy atom. The number of carbonyl (C=O) groups is 2. The van der Waals surface area contributed by atoms with Gasteiger partial charge in [0.2, 0.25) is 11.6 Å². The molecule has 2 aromatic heterocycles. The molecule has 2 radical (unpaired) electrons. The minimum atomic E-state index is -1.27. The van der Waals surface area contributed by atoms with Gasteiger partial charge in [0, 0.05) is 69.4 Å². The van der Waals surface area contributed by atoms with Crippen LogP contribution in [0, 0.1) is 12.7 Å². The summed E-state index contributed by atoms with van der Waals surface area (Å²) in [5, 5.41) is 22.6. The fourth-order valence-electron chi connectivity index (χ4n) is 2.96. The fraction of sp³-hybridized carbons (Fsp3) is 0.300. The number of aromatic nitrogens is 4. The Hall–Kier alpha value is -2.52. The molecule has 0 aliphatic rings. The van der Waals surface area contributed by atoms with Crippen molar-refractivity contribution in [1.82, 2.24) is 30.4 Å². The van der Waals surface area contributed by atoms with Crippen molar-refractivity contribution >= 4 is 60.7 Å². The summed E-state index contributed by atoms with van der Waals surface area (Å²) in [6.45, 7) is 4.64. The van der Waals surface area contributed by atoms with E-state index in [2.05, 4.69) is 25.8 Å². The molecule has 0 saturated heterocycles. The van der Waals surface area contributed by atoms with Gasteiger partial charge in [-0.25, -0.2) is 9.37 Å². The first-order valence-corrected chi connectivity index (χ1v) is 9.45. The van der Waals surface area contributed by atoms with E-state index in [0.717, 1.165) is 4.57 Å². The summed E-state index contributed by atoms with van der Waals surface area (Å²) in [4.78, 5) is 41.7. The van der Waals surface area contributed by atoms with Gasteiger partial charge in [-0.2, -0.15) is 0 Å². The van der Waals surface area contributed by atoms with E-state index >= 15 is 0 Å². The van der Waals surface area contributed by atoms with E-state index in [1.807, 2.05) is 0 Å². The summed E-state index contributed by atoms with van der Waals surface area (Å²) in [5.74, 6) is -2.88. The maximum atomic E-state index is 13.0. The van der Waals surface area contributed by atoms with Crippen LogP contribution < -0.4 is 16.2 Å². The van der Waals surface area contributed by atoms with Crippen LogP contribution >= 0.6 is 0 Å². The molecule has 3 rings (SSSR count). The van der Waals surface area contributed by atoms with Crippen LogP contribution in [0.3, 0.4) is 0 Å². The summed E-state index contributed by atoms with van der Waals surface area (Å²) in [7, 11) is 1.34. The van der Waals surface area contributed by atoms with Gasteiger partial charge < -0.3 is 20.2 Å². The molecule has 11 nitrogen and oxygen atoms in total. The molecule has 0 aliphatic carbocycles. The average molecular weight is 582 g/mol. The van der Waals surface area contributed by atoms with Crippen molar-refractivity contribution in [3.63, 3.8) is 0 Å². The van der Waals surface area contributed by atoms with Crippen LogP contribution in [-0.4, -0.2) is 85.6 Å². The minimum absolute atomic E-state index is 0. The maximum Gasteiger partial charge on any atom is 0.309 e. The molecular formula is C20H21BaFN6O5. The number of aryl methyl sites for hydroxylation is 1. The van der Waals surface area contributed by atoms with Gasteiger partial charge in [0.25, 0.3) is 11.5 Å². The van der Waals surface area contributed by atoms with Crippen LogP contribution in [0.15, 0.2) is 33.5 Å². The molecule has 33 heavy (non-hydrogen) atoms. The molecule has 1 aromatic carbocycles. The molecule has 0 saturated carbocycles. The number of nitrogens with zero attached hydrogens (tertiary/aromatic N) is 4. The van der Waals surface area contributed by atoms with Crippen molar-refractivity contribution in [3.05, 3.63) is 69.3 Å². The Kier molecular flexibility index (Phi) is 8.59. The Bertz CT molecular complexity index is 1240. The van der Waals surface area contributed by atoms with Gasteiger partial charge >= 0.3 is 11.8 Å². The van der Waals surface area contributed by atoms with Gasteiger partial charge in [-0.15, -0.1) is 10.2 Å². The van der Waals surface area contributed by atoms with Crippen molar-refractivity contribution in [1.29, 1.82) is 0 Å². The molecule has 0 fully saturated rings. The van der Waals surface area contributed by atoms with Crippen LogP contribution in [-0.2, 0) is 19.1 Å². The summed E-state index contributed by atoms with van der Waals surface area (Å²) in [6.07, 6.45) is 0. The monoisotopic (exact) mass is 582 g/mol. The Balaban J connectivity index is 0.00000385. The van der Waals surface area contributed by atoms with Gasteiger partial charge in [0.1, 0.15) is 11.6 Å². The quantitative estimate of drug-likeness (QED) is 0.357. The summed E-state index contributed by atoms with van der Waals surface area (Å²) >= 11 is 0. The summed E-state index contributed by atoms with van der Waals surface area (Å²) in [6, 6.07) is 5.44. The number of rotatable bonds is 6. The smallest absolute Gasteiger partial charge is 0.309 e. The topological polar surface area (TPSA) is 152 Å². The predicted octanol–water partition coefficient (Wildman–Crippen LogP) is 0.531. The zero-order valence-electron chi connectivity index (χ0n) is 18.5. The van der Waals surface area contributed by atoms with Gasteiger partial charge in [-0.05, 0) is 31.5 Å². The molecular weight excluding hydrogens is 561 g/mol. The van der Waals surface area contributed by atoms with Crippen LogP contribution in [0.4, 0.5) is 4.39 Å². The second-order valence-corrected chi connectivity index (χ2v) is 7.51. The molecule has 2 heterocycles. The molecule has 3 N–H and O–H groups in total. The van der Waals surface area contributed by atoms with Crippen LogP contribution in [0.5, 0.6) is 5.75 Å². The maximum absolute atomic E-state index is 13.0. The first-order chi connectivity index (χ1) is 15.0. The number of aromatic hydroxyl groups is 1. The number of hydrogen-bond donors (Lipinski definition) is 3. The predicted molar refractivity (Wildman–Crippen MR) is 114 cm³/mol. The molecule has 0 aliphatic heterocycles. The number of benzene rings is 1. The van der Waals surface area contributed by atoms with Crippen molar-refractivity contribution in [3.8, 4) is 5.75 Å². The SMILES string of the molecule is Cc1nnc(C(=O)NC(C)(C)c2nc(C(=O)NCc3ccc(F)cc3)c(O)c(=O)n2C)o1.[Ba]. The van der Waals surface area contributed by atoms with Crippen molar-refractivity contribution in [2.45, 2.75) is 32.9 Å². The Labute approximate surface area is 227 Å². The van der Waals surface area contributed by atoms with Crippen LogP contribution in [0.2, 0.25) is 0 Å². The largest absolute Gasteiger partial charge is 0.501 e. The number of nitrogens with one attached hydrogen (secondary N) is 2. The number of carbonyl (C=O) groups excluding carboxylic acids is 2. The normalized spacial score (nSPS) is 10.9. The van der Waals surface area contributed by atoms with E-state index in [9.17, 15) is 23.9 Å². The number of hydrogen-bond acceptors (Lipinski definition) is 8. The van der Waals surface area contributed by atoms with Gasteiger partial charge in [-0.1, -0.05) is 12.1 Å². The molecule has 170 valence electrons. The molecule has 0 unspecified atom stereocenters. The fourth-order valence-corrected chi connectivity index (χ4v) is 2.96. The third-order valence-corrected chi connectivity index (χ3v) is 4.55. The van der Waals surface area contributed by atoms with Gasteiger partial charge in [0.05, 0.1) is 5.54 Å². The first-order valence-electron chi connectivity index (χ1n) is 9.45. The second kappa shape index (κ2) is 10.6. The number of halogens is 1. The van der Waals surface area contributed by atoms with E-state index in [0.29, 0.717) is 5.56 Å². The summed E-state index contributed by atoms with van der Waals surface area (Å²) in [5.41, 5.74) is -2.06. The molecule has 13 heteroatoms. The van der Waals surface area contributed by atoms with Crippen molar-refractivity contribution in [2.24, 2.45) is 7.05 Å². The van der Waals surface area contributed by atoms with E-state index in [1.54, 1.807) is 13.8 Å². The minimum Gasteiger partial charge on any atom is -0.501 e. The van der Waals surface area contributed by atoms with Crippen molar-refractivity contribution < 1.29 is 23.5 Å². The second-order valence-electron chi connectivity index (χ2n) is 7.51. The van der Waals surface area contributed by atoms with Crippen LogP contribution in [0.25, 0.3) is 0 Å². The van der Waals surface area contributed by atoms with Crippen molar-refractivity contribution in [2.75, 3.05) is 0 Å². The first kappa shape index (κ1) is 26.7. The van der Waals surface area contributed by atoms with Gasteiger partial charge in [-0.3, -0.25) is 19.0 Å². The Morgan fingerprint density at radius 1 is 1.18 bits per heavy atom. The third kappa shape index (κ3) is 6.09. The zero-order valence-corrected chi connectivity index (χ0v) is 22.9. The molecule has 0 bridgehead atoms.